The van der Waals surface area contributed by atoms with E-state index < -0.39 is 5.60 Å². The number of aliphatic hydroxyl groups is 1. The maximum Gasteiger partial charge on any atom is 0.0885 e. The Labute approximate surface area is 117 Å². The first-order valence-electron chi connectivity index (χ1n) is 6.08. The Morgan fingerprint density at radius 1 is 1.35 bits per heavy atom. The number of hydrogen-bond acceptors (Lipinski definition) is 1. The van der Waals surface area contributed by atoms with Gasteiger partial charge in [-0.3, -0.25) is 0 Å². The Balaban J connectivity index is 2.95. The van der Waals surface area contributed by atoms with Crippen LogP contribution in [0.3, 0.4) is 0 Å². The molecule has 0 fully saturated rings. The highest BCUT2D eigenvalue weighted by Crippen LogP contribution is 2.36. The monoisotopic (exact) mass is 318 g/mol. The average Bonchev–Trinajstić information content (AvgIpc) is 2.25. The fourth-order valence-electron chi connectivity index (χ4n) is 2.18. The summed E-state index contributed by atoms with van der Waals surface area (Å²) in [6, 6.07) is 5.65. The van der Waals surface area contributed by atoms with Gasteiger partial charge < -0.3 is 5.11 Å². The number of benzene rings is 1. The van der Waals surface area contributed by atoms with Gasteiger partial charge in [-0.15, -0.1) is 0 Å². The van der Waals surface area contributed by atoms with E-state index in [1.807, 2.05) is 25.1 Å². The Morgan fingerprint density at radius 2 is 1.94 bits per heavy atom. The Morgan fingerprint density at radius 3 is 2.41 bits per heavy atom. The van der Waals surface area contributed by atoms with Crippen LogP contribution in [0.2, 0.25) is 5.02 Å². The minimum absolute atomic E-state index is 0.532. The molecule has 17 heavy (non-hydrogen) atoms. The summed E-state index contributed by atoms with van der Waals surface area (Å²) in [6.07, 6.45) is 2.92. The van der Waals surface area contributed by atoms with Crippen molar-refractivity contribution in [3.8, 4) is 0 Å². The van der Waals surface area contributed by atoms with Crippen molar-refractivity contribution in [2.75, 3.05) is 0 Å². The van der Waals surface area contributed by atoms with Crippen LogP contribution in [0, 0.1) is 5.92 Å². The first-order chi connectivity index (χ1) is 7.90. The van der Waals surface area contributed by atoms with Gasteiger partial charge in [0.05, 0.1) is 5.60 Å². The van der Waals surface area contributed by atoms with E-state index in [1.165, 1.54) is 0 Å². The maximum atomic E-state index is 10.6. The molecule has 1 atom stereocenters. The molecule has 3 heteroatoms. The third-order valence-electron chi connectivity index (χ3n) is 3.35. The molecule has 0 aliphatic heterocycles. The number of rotatable bonds is 5. The van der Waals surface area contributed by atoms with Crippen LogP contribution in [0.25, 0.3) is 0 Å². The molecular weight excluding hydrogens is 300 g/mol. The Kier molecular flexibility index (Phi) is 5.49. The lowest BCUT2D eigenvalue weighted by Crippen LogP contribution is -2.25. The predicted octanol–water partition coefficient (Wildman–Crippen LogP) is 5.14. The molecule has 0 aliphatic rings. The van der Waals surface area contributed by atoms with E-state index in [0.717, 1.165) is 29.3 Å². The lowest BCUT2D eigenvalue weighted by atomic mass is 9.84. The van der Waals surface area contributed by atoms with Crippen molar-refractivity contribution in [3.63, 3.8) is 0 Å². The first kappa shape index (κ1) is 15.0. The van der Waals surface area contributed by atoms with Gasteiger partial charge in [-0.1, -0.05) is 60.3 Å². The second-order valence-corrected chi connectivity index (χ2v) is 6.11. The second-order valence-electron chi connectivity index (χ2n) is 4.78. The van der Waals surface area contributed by atoms with Crippen LogP contribution in [-0.4, -0.2) is 5.11 Å². The molecule has 0 bridgehead atoms. The lowest BCUT2D eigenvalue weighted by Gasteiger charge is -2.29. The van der Waals surface area contributed by atoms with Crippen molar-refractivity contribution in [2.45, 2.75) is 45.6 Å². The van der Waals surface area contributed by atoms with E-state index in [4.69, 9.17) is 11.6 Å². The first-order valence-corrected chi connectivity index (χ1v) is 7.25. The van der Waals surface area contributed by atoms with E-state index in [9.17, 15) is 5.11 Å². The smallest absolute Gasteiger partial charge is 0.0885 e. The average molecular weight is 320 g/mol. The molecule has 0 spiro atoms. The van der Waals surface area contributed by atoms with Gasteiger partial charge in [0.25, 0.3) is 0 Å². The molecule has 0 heterocycles. The molecule has 0 aliphatic carbocycles. The van der Waals surface area contributed by atoms with Crippen LogP contribution in [0.1, 0.15) is 45.6 Å². The fourth-order valence-corrected chi connectivity index (χ4v) is 3.05. The third kappa shape index (κ3) is 3.97. The van der Waals surface area contributed by atoms with Crippen molar-refractivity contribution >= 4 is 27.5 Å². The van der Waals surface area contributed by atoms with Crippen LogP contribution < -0.4 is 0 Å². The van der Waals surface area contributed by atoms with Crippen molar-refractivity contribution < 1.29 is 5.11 Å². The maximum absolute atomic E-state index is 10.6. The van der Waals surface area contributed by atoms with Crippen molar-refractivity contribution in [3.05, 3.63) is 33.3 Å². The summed E-state index contributed by atoms with van der Waals surface area (Å²) in [4.78, 5) is 0. The Bertz CT molecular complexity index is 372. The Hall–Kier alpha value is -0.0500. The summed E-state index contributed by atoms with van der Waals surface area (Å²) < 4.78 is 0.935. The van der Waals surface area contributed by atoms with Gasteiger partial charge >= 0.3 is 0 Å². The van der Waals surface area contributed by atoms with Crippen LogP contribution in [0.4, 0.5) is 0 Å². The van der Waals surface area contributed by atoms with Gasteiger partial charge in [0.2, 0.25) is 0 Å². The predicted molar refractivity (Wildman–Crippen MR) is 77.4 cm³/mol. The largest absolute Gasteiger partial charge is 0.385 e. The van der Waals surface area contributed by atoms with Gasteiger partial charge in [-0.05, 0) is 31.4 Å². The number of hydrogen-bond donors (Lipinski definition) is 1. The highest BCUT2D eigenvalue weighted by atomic mass is 79.9. The van der Waals surface area contributed by atoms with Crippen LogP contribution in [0.5, 0.6) is 0 Å². The summed E-state index contributed by atoms with van der Waals surface area (Å²) in [5.41, 5.74) is -0.0386. The molecule has 1 rings (SSSR count). The normalized spacial score (nSPS) is 15.0. The quantitative estimate of drug-likeness (QED) is 0.797. The SMILES string of the molecule is CCC(CC)CC(C)(O)c1ccc(Br)cc1Cl. The van der Waals surface area contributed by atoms with Gasteiger partial charge in [-0.2, -0.15) is 0 Å². The molecule has 1 N–H and O–H groups in total. The van der Waals surface area contributed by atoms with Crippen molar-refractivity contribution in [2.24, 2.45) is 5.92 Å². The molecule has 0 saturated carbocycles. The zero-order valence-electron chi connectivity index (χ0n) is 10.6. The van der Waals surface area contributed by atoms with E-state index in [-0.39, 0.29) is 0 Å². The highest BCUT2D eigenvalue weighted by Gasteiger charge is 2.28. The molecule has 0 aromatic heterocycles. The molecule has 1 aromatic rings. The molecule has 1 unspecified atom stereocenters. The summed E-state index contributed by atoms with van der Waals surface area (Å²) >= 11 is 9.57. The van der Waals surface area contributed by atoms with E-state index in [1.54, 1.807) is 0 Å². The minimum atomic E-state index is -0.853. The zero-order chi connectivity index (χ0) is 13.1. The molecule has 96 valence electrons. The zero-order valence-corrected chi connectivity index (χ0v) is 13.0. The lowest BCUT2D eigenvalue weighted by molar-refractivity contribution is 0.0286. The number of halogens is 2. The third-order valence-corrected chi connectivity index (χ3v) is 4.16. The van der Waals surface area contributed by atoms with E-state index in [0.29, 0.717) is 10.9 Å². The summed E-state index contributed by atoms with van der Waals surface area (Å²) in [5, 5.41) is 11.2. The standard InChI is InChI=1S/C14H20BrClO/c1-4-10(5-2)9-14(3,17)12-7-6-11(15)8-13(12)16/h6-8,10,17H,4-5,9H2,1-3H3. The molecule has 1 nitrogen and oxygen atoms in total. The molecule has 0 amide bonds. The van der Waals surface area contributed by atoms with E-state index >= 15 is 0 Å². The fraction of sp³-hybridized carbons (Fsp3) is 0.571. The van der Waals surface area contributed by atoms with Crippen LogP contribution >= 0.6 is 27.5 Å². The summed E-state index contributed by atoms with van der Waals surface area (Å²) in [7, 11) is 0. The van der Waals surface area contributed by atoms with Gasteiger partial charge in [0.15, 0.2) is 0 Å². The van der Waals surface area contributed by atoms with Gasteiger partial charge in [0, 0.05) is 15.1 Å². The van der Waals surface area contributed by atoms with Crippen LogP contribution in [0.15, 0.2) is 22.7 Å². The van der Waals surface area contributed by atoms with Crippen LogP contribution in [-0.2, 0) is 5.60 Å². The molecule has 0 saturated heterocycles. The topological polar surface area (TPSA) is 20.2 Å². The summed E-state index contributed by atoms with van der Waals surface area (Å²) in [6.45, 7) is 6.17. The second kappa shape index (κ2) is 6.21. The van der Waals surface area contributed by atoms with E-state index in [2.05, 4.69) is 29.8 Å². The molecule has 1 aromatic carbocycles. The van der Waals surface area contributed by atoms with Crippen molar-refractivity contribution in [1.82, 2.24) is 0 Å². The minimum Gasteiger partial charge on any atom is -0.385 e. The molecule has 0 radical (unpaired) electrons. The highest BCUT2D eigenvalue weighted by molar-refractivity contribution is 9.10. The molecular formula is C14H20BrClO. The van der Waals surface area contributed by atoms with Gasteiger partial charge in [-0.25, -0.2) is 0 Å². The summed E-state index contributed by atoms with van der Waals surface area (Å²) in [5.74, 6) is 0.532. The van der Waals surface area contributed by atoms with Crippen molar-refractivity contribution in [1.29, 1.82) is 0 Å². The van der Waals surface area contributed by atoms with Gasteiger partial charge in [0.1, 0.15) is 0 Å².